The maximum absolute atomic E-state index is 12.0. The van der Waals surface area contributed by atoms with E-state index in [9.17, 15) is 4.79 Å². The zero-order valence-corrected chi connectivity index (χ0v) is 9.29. The van der Waals surface area contributed by atoms with Crippen LogP contribution in [-0.4, -0.2) is 36.5 Å². The van der Waals surface area contributed by atoms with E-state index in [1.165, 1.54) is 0 Å². The molecule has 0 aliphatic carbocycles. The van der Waals surface area contributed by atoms with Gasteiger partial charge in [0.1, 0.15) is 0 Å². The highest BCUT2D eigenvalue weighted by atomic mass is 16.2. The number of amides is 1. The molecular formula is C11H20N2O. The van der Waals surface area contributed by atoms with Crippen LogP contribution in [0.5, 0.6) is 0 Å². The molecule has 0 aromatic rings. The zero-order valence-electron chi connectivity index (χ0n) is 9.29. The molecule has 1 N–H and O–H groups in total. The Morgan fingerprint density at radius 2 is 1.93 bits per heavy atom. The number of carbonyl (C=O) groups is 1. The van der Waals surface area contributed by atoms with E-state index in [-0.39, 0.29) is 5.92 Å². The molecule has 0 saturated carbocycles. The molecule has 2 fully saturated rings. The van der Waals surface area contributed by atoms with E-state index >= 15 is 0 Å². The Kier molecular flexibility index (Phi) is 2.52. The maximum atomic E-state index is 12.0. The van der Waals surface area contributed by atoms with Crippen molar-refractivity contribution in [1.82, 2.24) is 10.2 Å². The first kappa shape index (κ1) is 9.97. The fourth-order valence-electron chi connectivity index (χ4n) is 2.39. The summed E-state index contributed by atoms with van der Waals surface area (Å²) in [6, 6.07) is 0.429. The fraction of sp³-hybridized carbons (Fsp3) is 0.909. The lowest BCUT2D eigenvalue weighted by Gasteiger charge is -2.32. The second-order valence-corrected chi connectivity index (χ2v) is 4.92. The van der Waals surface area contributed by atoms with Crippen molar-refractivity contribution in [2.45, 2.75) is 26.8 Å². The van der Waals surface area contributed by atoms with Crippen LogP contribution in [0.4, 0.5) is 0 Å². The van der Waals surface area contributed by atoms with E-state index in [2.05, 4.69) is 31.0 Å². The Labute approximate surface area is 85.8 Å². The number of likely N-dealkylation sites (tertiary alicyclic amines) is 1. The highest BCUT2D eigenvalue weighted by Crippen LogP contribution is 2.30. The smallest absolute Gasteiger partial charge is 0.228 e. The van der Waals surface area contributed by atoms with Gasteiger partial charge < -0.3 is 10.2 Å². The van der Waals surface area contributed by atoms with Crippen LogP contribution in [0.25, 0.3) is 0 Å². The third kappa shape index (κ3) is 1.44. The molecule has 1 amide bonds. The predicted octanol–water partition coefficient (Wildman–Crippen LogP) is 0.709. The van der Waals surface area contributed by atoms with Gasteiger partial charge >= 0.3 is 0 Å². The van der Waals surface area contributed by atoms with Crippen LogP contribution in [0, 0.1) is 17.8 Å². The van der Waals surface area contributed by atoms with Crippen LogP contribution in [0.15, 0.2) is 0 Å². The molecule has 80 valence electrons. The van der Waals surface area contributed by atoms with Crippen LogP contribution in [0.1, 0.15) is 20.8 Å². The molecule has 0 radical (unpaired) electrons. The van der Waals surface area contributed by atoms with Crippen molar-refractivity contribution in [3.63, 3.8) is 0 Å². The largest absolute Gasteiger partial charge is 0.339 e. The van der Waals surface area contributed by atoms with Gasteiger partial charge in [0.05, 0.1) is 5.92 Å². The summed E-state index contributed by atoms with van der Waals surface area (Å²) in [6.07, 6.45) is 0. The average Bonchev–Trinajstić information content (AvgIpc) is 2.30. The first-order valence-corrected chi connectivity index (χ1v) is 5.62. The summed E-state index contributed by atoms with van der Waals surface area (Å²) in [6.45, 7) is 9.39. The van der Waals surface area contributed by atoms with Crippen molar-refractivity contribution in [2.24, 2.45) is 17.8 Å². The van der Waals surface area contributed by atoms with Crippen molar-refractivity contribution in [2.75, 3.05) is 19.6 Å². The van der Waals surface area contributed by atoms with Crippen LogP contribution in [-0.2, 0) is 4.79 Å². The highest BCUT2D eigenvalue weighted by molar-refractivity contribution is 5.80. The van der Waals surface area contributed by atoms with Crippen LogP contribution >= 0.6 is 0 Å². The molecule has 2 aliphatic rings. The van der Waals surface area contributed by atoms with Gasteiger partial charge in [0, 0.05) is 25.7 Å². The van der Waals surface area contributed by atoms with Gasteiger partial charge in [0.15, 0.2) is 0 Å². The van der Waals surface area contributed by atoms with Crippen molar-refractivity contribution in [3.8, 4) is 0 Å². The summed E-state index contributed by atoms with van der Waals surface area (Å²) >= 11 is 0. The molecule has 2 saturated heterocycles. The van der Waals surface area contributed by atoms with E-state index < -0.39 is 0 Å². The third-order valence-electron chi connectivity index (χ3n) is 4.05. The van der Waals surface area contributed by atoms with Crippen molar-refractivity contribution in [1.29, 1.82) is 0 Å². The summed E-state index contributed by atoms with van der Waals surface area (Å²) in [5.74, 6) is 1.93. The lowest BCUT2D eigenvalue weighted by atomic mass is 9.95. The standard InChI is InChI=1S/C11H20N2O/c1-7-6-13(9(3)8(7)2)11(14)10-4-12-5-10/h7-10,12H,4-6H2,1-3H3. The SMILES string of the molecule is CC1CN(C(=O)C2CNC2)C(C)C1C. The summed E-state index contributed by atoms with van der Waals surface area (Å²) in [7, 11) is 0. The van der Waals surface area contributed by atoms with Gasteiger partial charge in [0.2, 0.25) is 5.91 Å². The molecule has 3 unspecified atom stereocenters. The fourth-order valence-corrected chi connectivity index (χ4v) is 2.39. The molecule has 2 rings (SSSR count). The Balaban J connectivity index is 2.00. The molecule has 3 heteroatoms. The van der Waals surface area contributed by atoms with Gasteiger partial charge in [-0.05, 0) is 18.8 Å². The molecule has 2 heterocycles. The molecule has 0 spiro atoms. The average molecular weight is 196 g/mol. The zero-order chi connectivity index (χ0) is 10.3. The minimum atomic E-state index is 0.259. The number of rotatable bonds is 1. The van der Waals surface area contributed by atoms with E-state index in [0.29, 0.717) is 23.8 Å². The first-order valence-electron chi connectivity index (χ1n) is 5.62. The number of nitrogens with one attached hydrogen (secondary N) is 1. The van der Waals surface area contributed by atoms with Gasteiger partial charge in [-0.25, -0.2) is 0 Å². The maximum Gasteiger partial charge on any atom is 0.228 e. The normalized spacial score (nSPS) is 38.5. The van der Waals surface area contributed by atoms with Gasteiger partial charge in [-0.1, -0.05) is 13.8 Å². The lowest BCUT2D eigenvalue weighted by Crippen LogP contribution is -2.53. The van der Waals surface area contributed by atoms with Crippen molar-refractivity contribution < 1.29 is 4.79 Å². The van der Waals surface area contributed by atoms with Crippen molar-refractivity contribution >= 4 is 5.91 Å². The minimum absolute atomic E-state index is 0.259. The highest BCUT2D eigenvalue weighted by Gasteiger charge is 2.39. The molecule has 3 nitrogen and oxygen atoms in total. The molecule has 0 aromatic carbocycles. The lowest BCUT2D eigenvalue weighted by molar-refractivity contribution is -0.138. The van der Waals surface area contributed by atoms with E-state index in [1.54, 1.807) is 0 Å². The summed E-state index contributed by atoms with van der Waals surface area (Å²) in [4.78, 5) is 14.1. The Morgan fingerprint density at radius 3 is 2.29 bits per heavy atom. The van der Waals surface area contributed by atoms with Gasteiger partial charge in [-0.3, -0.25) is 4.79 Å². The molecule has 3 atom stereocenters. The molecule has 14 heavy (non-hydrogen) atoms. The summed E-state index contributed by atoms with van der Waals surface area (Å²) in [5.41, 5.74) is 0. The molecule has 0 bridgehead atoms. The second kappa shape index (κ2) is 3.54. The van der Waals surface area contributed by atoms with Crippen molar-refractivity contribution in [3.05, 3.63) is 0 Å². The van der Waals surface area contributed by atoms with E-state index in [4.69, 9.17) is 0 Å². The molecule has 0 aromatic heterocycles. The van der Waals surface area contributed by atoms with E-state index in [0.717, 1.165) is 19.6 Å². The predicted molar refractivity (Wildman–Crippen MR) is 55.9 cm³/mol. The monoisotopic (exact) mass is 196 g/mol. The van der Waals surface area contributed by atoms with Gasteiger partial charge in [0.25, 0.3) is 0 Å². The Hall–Kier alpha value is -0.570. The molecular weight excluding hydrogens is 176 g/mol. The topological polar surface area (TPSA) is 32.3 Å². The summed E-state index contributed by atoms with van der Waals surface area (Å²) < 4.78 is 0. The first-order chi connectivity index (χ1) is 6.61. The van der Waals surface area contributed by atoms with Gasteiger partial charge in [-0.15, -0.1) is 0 Å². The van der Waals surface area contributed by atoms with Crippen LogP contribution in [0.3, 0.4) is 0 Å². The van der Waals surface area contributed by atoms with Crippen LogP contribution in [0.2, 0.25) is 0 Å². The van der Waals surface area contributed by atoms with E-state index in [1.807, 2.05) is 0 Å². The third-order valence-corrected chi connectivity index (χ3v) is 4.05. The minimum Gasteiger partial charge on any atom is -0.339 e. The Bertz CT molecular complexity index is 237. The van der Waals surface area contributed by atoms with Gasteiger partial charge in [-0.2, -0.15) is 0 Å². The number of carbonyl (C=O) groups excluding carboxylic acids is 1. The number of nitrogens with zero attached hydrogens (tertiary/aromatic N) is 1. The molecule has 2 aliphatic heterocycles. The van der Waals surface area contributed by atoms with Crippen LogP contribution < -0.4 is 5.32 Å². The summed E-state index contributed by atoms with van der Waals surface area (Å²) in [5, 5.41) is 3.16. The quantitative estimate of drug-likeness (QED) is 0.670. The number of hydrogen-bond acceptors (Lipinski definition) is 2. The Morgan fingerprint density at radius 1 is 1.29 bits per heavy atom. The second-order valence-electron chi connectivity index (χ2n) is 4.92. The number of hydrogen-bond donors (Lipinski definition) is 1.